The van der Waals surface area contributed by atoms with Gasteiger partial charge in [-0.2, -0.15) is 0 Å². The molecule has 1 aromatic heterocycles. The number of thioether (sulfide) groups is 1. The number of carboxylic acid groups (broad SMARTS) is 1. The van der Waals surface area contributed by atoms with Crippen LogP contribution in [0.15, 0.2) is 11.4 Å². The number of imidazole rings is 1. The molecular weight excluding hydrogens is 272 g/mol. The molecule has 0 amide bonds. The number of aromatic nitrogens is 2. The number of hydrogen-bond donors (Lipinski definition) is 1. The predicted octanol–water partition coefficient (Wildman–Crippen LogP) is 3.79. The molecule has 1 aliphatic carbocycles. The lowest BCUT2D eigenvalue weighted by Crippen LogP contribution is -2.18. The van der Waals surface area contributed by atoms with Crippen LogP contribution in [0.25, 0.3) is 0 Å². The molecule has 5 heteroatoms. The summed E-state index contributed by atoms with van der Waals surface area (Å²) in [5, 5.41) is 9.75. The smallest absolute Gasteiger partial charge is 0.313 e. The van der Waals surface area contributed by atoms with Crippen molar-refractivity contribution in [3.63, 3.8) is 0 Å². The van der Waals surface area contributed by atoms with Crippen LogP contribution in [0.5, 0.6) is 0 Å². The van der Waals surface area contributed by atoms with E-state index in [0.717, 1.165) is 11.1 Å². The number of aliphatic carboxylic acids is 1. The molecule has 20 heavy (non-hydrogen) atoms. The molecule has 1 heterocycles. The van der Waals surface area contributed by atoms with E-state index in [-0.39, 0.29) is 5.75 Å². The van der Waals surface area contributed by atoms with Gasteiger partial charge in [-0.05, 0) is 30.6 Å². The van der Waals surface area contributed by atoms with Crippen molar-refractivity contribution in [3.8, 4) is 0 Å². The lowest BCUT2D eigenvalue weighted by Gasteiger charge is -2.25. The molecule has 0 radical (unpaired) electrons. The lowest BCUT2D eigenvalue weighted by atomic mass is 9.97. The van der Waals surface area contributed by atoms with Crippen molar-refractivity contribution in [1.82, 2.24) is 9.55 Å². The monoisotopic (exact) mass is 296 g/mol. The molecular formula is C15H24N2O2S. The van der Waals surface area contributed by atoms with Crippen LogP contribution in [-0.2, 0) is 4.79 Å². The van der Waals surface area contributed by atoms with Crippen molar-refractivity contribution in [3.05, 3.63) is 11.9 Å². The Morgan fingerprint density at radius 1 is 1.50 bits per heavy atom. The average molecular weight is 296 g/mol. The Bertz CT molecular complexity index is 484. The zero-order chi connectivity index (χ0) is 14.9. The Balaban J connectivity index is 2.32. The molecule has 3 unspecified atom stereocenters. The Morgan fingerprint density at radius 3 is 2.70 bits per heavy atom. The van der Waals surface area contributed by atoms with Gasteiger partial charge in [0.2, 0.25) is 0 Å². The summed E-state index contributed by atoms with van der Waals surface area (Å²) >= 11 is 1.34. The van der Waals surface area contributed by atoms with Gasteiger partial charge in [-0.1, -0.05) is 39.5 Å². The standard InChI is InChI=1S/C15H24N2O2S/c1-9(2)13-7-16-15(20-8-14(18)19)17(13)12-6-5-10(3)11(12)4/h7,9-12H,5-6,8H2,1-4H3,(H,18,19). The maximum Gasteiger partial charge on any atom is 0.313 e. The molecule has 1 N–H and O–H groups in total. The number of carboxylic acids is 1. The second kappa shape index (κ2) is 6.20. The molecule has 4 nitrogen and oxygen atoms in total. The number of rotatable bonds is 5. The molecule has 0 spiro atoms. The largest absolute Gasteiger partial charge is 0.481 e. The van der Waals surface area contributed by atoms with Gasteiger partial charge in [-0.15, -0.1) is 0 Å². The predicted molar refractivity (Wildman–Crippen MR) is 81.3 cm³/mol. The van der Waals surface area contributed by atoms with Crippen molar-refractivity contribution in [2.45, 2.75) is 57.7 Å². The lowest BCUT2D eigenvalue weighted by molar-refractivity contribution is -0.133. The van der Waals surface area contributed by atoms with Gasteiger partial charge < -0.3 is 9.67 Å². The fourth-order valence-electron chi connectivity index (χ4n) is 3.05. The van der Waals surface area contributed by atoms with E-state index in [9.17, 15) is 4.79 Å². The third kappa shape index (κ3) is 3.03. The first kappa shape index (κ1) is 15.4. The summed E-state index contributed by atoms with van der Waals surface area (Å²) in [7, 11) is 0. The van der Waals surface area contributed by atoms with Crippen molar-refractivity contribution >= 4 is 17.7 Å². The summed E-state index contributed by atoms with van der Waals surface area (Å²) in [5.74, 6) is 1.03. The maximum absolute atomic E-state index is 10.8. The highest BCUT2D eigenvalue weighted by atomic mass is 32.2. The zero-order valence-electron chi connectivity index (χ0n) is 12.7. The van der Waals surface area contributed by atoms with Gasteiger partial charge >= 0.3 is 5.97 Å². The van der Waals surface area contributed by atoms with Crippen molar-refractivity contribution in [2.24, 2.45) is 11.8 Å². The first-order valence-electron chi connectivity index (χ1n) is 7.33. The van der Waals surface area contributed by atoms with Crippen LogP contribution in [0.2, 0.25) is 0 Å². The van der Waals surface area contributed by atoms with Gasteiger partial charge in [0.25, 0.3) is 0 Å². The highest BCUT2D eigenvalue weighted by molar-refractivity contribution is 7.99. The summed E-state index contributed by atoms with van der Waals surface area (Å²) in [6.45, 7) is 8.95. The van der Waals surface area contributed by atoms with Crippen LogP contribution in [0, 0.1) is 11.8 Å². The van der Waals surface area contributed by atoms with E-state index in [1.807, 2.05) is 6.20 Å². The molecule has 1 saturated carbocycles. The Morgan fingerprint density at radius 2 is 2.20 bits per heavy atom. The fraction of sp³-hybridized carbons (Fsp3) is 0.733. The summed E-state index contributed by atoms with van der Waals surface area (Å²) in [5.41, 5.74) is 1.23. The molecule has 0 aromatic carbocycles. The first-order valence-corrected chi connectivity index (χ1v) is 8.32. The van der Waals surface area contributed by atoms with E-state index in [1.54, 1.807) is 0 Å². The average Bonchev–Trinajstić information content (AvgIpc) is 2.92. The van der Waals surface area contributed by atoms with Crippen LogP contribution < -0.4 is 0 Å². The minimum Gasteiger partial charge on any atom is -0.481 e. The van der Waals surface area contributed by atoms with E-state index < -0.39 is 5.97 Å². The van der Waals surface area contributed by atoms with Crippen molar-refractivity contribution in [2.75, 3.05) is 5.75 Å². The van der Waals surface area contributed by atoms with Crippen LogP contribution in [0.1, 0.15) is 58.2 Å². The van der Waals surface area contributed by atoms with Gasteiger partial charge in [-0.25, -0.2) is 4.98 Å². The second-order valence-corrected chi connectivity index (χ2v) is 7.10. The first-order chi connectivity index (χ1) is 9.41. The van der Waals surface area contributed by atoms with Gasteiger partial charge in [-0.3, -0.25) is 4.79 Å². The topological polar surface area (TPSA) is 55.1 Å². The number of carbonyl (C=O) groups is 1. The Hall–Kier alpha value is -0.970. The van der Waals surface area contributed by atoms with Crippen LogP contribution in [0.4, 0.5) is 0 Å². The molecule has 112 valence electrons. The van der Waals surface area contributed by atoms with Gasteiger partial charge in [0.15, 0.2) is 5.16 Å². The highest BCUT2D eigenvalue weighted by Crippen LogP contribution is 2.43. The number of hydrogen-bond acceptors (Lipinski definition) is 3. The summed E-state index contributed by atoms with van der Waals surface area (Å²) < 4.78 is 2.31. The second-order valence-electron chi connectivity index (χ2n) is 6.15. The minimum absolute atomic E-state index is 0.0746. The zero-order valence-corrected chi connectivity index (χ0v) is 13.5. The third-order valence-corrected chi connectivity index (χ3v) is 5.41. The highest BCUT2D eigenvalue weighted by Gasteiger charge is 2.34. The van der Waals surface area contributed by atoms with Crippen molar-refractivity contribution < 1.29 is 9.90 Å². The van der Waals surface area contributed by atoms with Crippen molar-refractivity contribution in [1.29, 1.82) is 0 Å². The van der Waals surface area contributed by atoms with E-state index in [1.165, 1.54) is 30.3 Å². The maximum atomic E-state index is 10.8. The quantitative estimate of drug-likeness (QED) is 0.840. The van der Waals surface area contributed by atoms with E-state index in [4.69, 9.17) is 5.11 Å². The van der Waals surface area contributed by atoms with E-state index in [0.29, 0.717) is 17.9 Å². The molecule has 2 rings (SSSR count). The van der Waals surface area contributed by atoms with Crippen LogP contribution in [-0.4, -0.2) is 26.4 Å². The van der Waals surface area contributed by atoms with Gasteiger partial charge in [0.1, 0.15) is 0 Å². The minimum atomic E-state index is -0.788. The molecule has 3 atom stereocenters. The molecule has 0 saturated heterocycles. The fourth-order valence-corrected chi connectivity index (χ4v) is 3.81. The summed E-state index contributed by atoms with van der Waals surface area (Å²) in [6.07, 6.45) is 4.33. The van der Waals surface area contributed by atoms with Gasteiger partial charge in [0.05, 0.1) is 5.75 Å². The molecule has 1 aromatic rings. The Labute approximate surface area is 125 Å². The summed E-state index contributed by atoms with van der Waals surface area (Å²) in [4.78, 5) is 15.3. The third-order valence-electron chi connectivity index (χ3n) is 4.46. The molecule has 1 fully saturated rings. The number of nitrogens with zero attached hydrogens (tertiary/aromatic N) is 2. The van der Waals surface area contributed by atoms with Gasteiger partial charge in [0, 0.05) is 17.9 Å². The van der Waals surface area contributed by atoms with Crippen LogP contribution in [0.3, 0.4) is 0 Å². The van der Waals surface area contributed by atoms with Crippen LogP contribution >= 0.6 is 11.8 Å². The van der Waals surface area contributed by atoms with E-state index >= 15 is 0 Å². The molecule has 1 aliphatic rings. The molecule has 0 aliphatic heterocycles. The normalized spacial score (nSPS) is 26.4. The Kier molecular flexibility index (Phi) is 4.78. The van der Waals surface area contributed by atoms with E-state index in [2.05, 4.69) is 37.2 Å². The summed E-state index contributed by atoms with van der Waals surface area (Å²) in [6, 6.07) is 0.459. The SMILES string of the molecule is CC(C)c1cnc(SCC(=O)O)n1C1CCC(C)C1C. The molecule has 0 bridgehead atoms.